The van der Waals surface area contributed by atoms with Crippen LogP contribution in [0.25, 0.3) is 0 Å². The summed E-state index contributed by atoms with van der Waals surface area (Å²) in [5, 5.41) is 9.92. The third-order valence-corrected chi connectivity index (χ3v) is 4.36. The van der Waals surface area contributed by atoms with E-state index in [-0.39, 0.29) is 11.6 Å². The second kappa shape index (κ2) is 7.68. The van der Waals surface area contributed by atoms with Crippen molar-refractivity contribution in [3.63, 3.8) is 0 Å². The van der Waals surface area contributed by atoms with Gasteiger partial charge < -0.3 is 9.73 Å². The quantitative estimate of drug-likeness (QED) is 0.840. The van der Waals surface area contributed by atoms with Crippen LogP contribution >= 0.6 is 0 Å². The van der Waals surface area contributed by atoms with Crippen molar-refractivity contribution >= 4 is 5.91 Å². The van der Waals surface area contributed by atoms with Crippen LogP contribution in [0.3, 0.4) is 0 Å². The van der Waals surface area contributed by atoms with Crippen molar-refractivity contribution in [2.75, 3.05) is 0 Å². The van der Waals surface area contributed by atoms with E-state index in [0.717, 1.165) is 23.4 Å². The van der Waals surface area contributed by atoms with Gasteiger partial charge in [0.2, 0.25) is 0 Å². The Morgan fingerprint density at radius 2 is 1.96 bits per heavy atom. The average molecular weight is 345 g/mol. The van der Waals surface area contributed by atoms with Crippen molar-refractivity contribution in [2.24, 2.45) is 5.92 Å². The molecule has 0 aromatic carbocycles. The summed E-state index contributed by atoms with van der Waals surface area (Å²) in [6.45, 7) is 11.7. The number of H-pyrrole nitrogens is 1. The van der Waals surface area contributed by atoms with Crippen LogP contribution in [0.1, 0.15) is 71.9 Å². The van der Waals surface area contributed by atoms with E-state index in [4.69, 9.17) is 4.42 Å². The Kier molecular flexibility index (Phi) is 5.82. The zero-order valence-corrected chi connectivity index (χ0v) is 15.8. The summed E-state index contributed by atoms with van der Waals surface area (Å²) in [7, 11) is 0. The lowest BCUT2D eigenvalue weighted by Crippen LogP contribution is -2.32. The molecule has 25 heavy (non-hydrogen) atoms. The molecule has 0 aliphatic heterocycles. The van der Waals surface area contributed by atoms with E-state index in [0.29, 0.717) is 23.7 Å². The topological polar surface area (TPSA) is 88.0 Å². The zero-order chi connectivity index (χ0) is 18.7. The molecule has 0 aliphatic carbocycles. The maximum atomic E-state index is 12.6. The number of carbonyl (C=O) groups is 1. The molecule has 2 N–H and O–H groups in total. The fourth-order valence-corrected chi connectivity index (χ4v) is 3.04. The molecule has 0 aliphatic rings. The van der Waals surface area contributed by atoms with Crippen LogP contribution in [0.15, 0.2) is 15.3 Å². The van der Waals surface area contributed by atoms with Gasteiger partial charge in [0, 0.05) is 17.7 Å². The lowest BCUT2D eigenvalue weighted by molar-refractivity contribution is 0.0934. The fraction of sp³-hybridized carbons (Fsp3) is 0.526. The second-order valence-electron chi connectivity index (χ2n) is 7.03. The minimum absolute atomic E-state index is 0.0685. The Morgan fingerprint density at radius 3 is 2.48 bits per heavy atom. The van der Waals surface area contributed by atoms with Gasteiger partial charge in [-0.3, -0.25) is 9.89 Å². The van der Waals surface area contributed by atoms with Crippen LogP contribution in [0.5, 0.6) is 0 Å². The molecule has 2 aromatic heterocycles. The molecule has 0 bridgehead atoms. The highest BCUT2D eigenvalue weighted by Crippen LogP contribution is 2.20. The summed E-state index contributed by atoms with van der Waals surface area (Å²) < 4.78 is 5.35. The smallest absolute Gasteiger partial charge is 0.349 e. The van der Waals surface area contributed by atoms with Crippen LogP contribution in [0.2, 0.25) is 0 Å². The number of aromatic nitrogens is 2. The normalized spacial score (nSPS) is 12.4. The standard InChI is InChI=1S/C19H27N3O3/c1-10(2)7-8-15-9-11(3)16(19(24)25-15)18(23)20-12(4)17-13(5)21-22-14(17)6/h9-10,12H,7-8H2,1-6H3,(H,20,23)(H,21,22). The average Bonchev–Trinajstić information content (AvgIpc) is 2.83. The first-order chi connectivity index (χ1) is 11.7. The number of nitrogens with one attached hydrogen (secondary N) is 2. The summed E-state index contributed by atoms with van der Waals surface area (Å²) in [5.74, 6) is 0.729. The number of hydrogen-bond donors (Lipinski definition) is 2. The van der Waals surface area contributed by atoms with Crippen LogP contribution in [0, 0.1) is 26.7 Å². The first-order valence-electron chi connectivity index (χ1n) is 8.66. The molecule has 0 saturated carbocycles. The van der Waals surface area contributed by atoms with Gasteiger partial charge in [-0.25, -0.2) is 4.79 Å². The molecule has 0 saturated heterocycles. The summed E-state index contributed by atoms with van der Waals surface area (Å²) in [5.41, 5.74) is 2.79. The van der Waals surface area contributed by atoms with Gasteiger partial charge >= 0.3 is 5.63 Å². The molecule has 6 heteroatoms. The van der Waals surface area contributed by atoms with Gasteiger partial charge in [-0.1, -0.05) is 13.8 Å². The minimum Gasteiger partial charge on any atom is -0.427 e. The molecule has 0 radical (unpaired) electrons. The first-order valence-corrected chi connectivity index (χ1v) is 8.66. The van der Waals surface area contributed by atoms with Gasteiger partial charge in [0.05, 0.1) is 11.7 Å². The fourth-order valence-electron chi connectivity index (χ4n) is 3.04. The molecule has 2 aromatic rings. The third-order valence-electron chi connectivity index (χ3n) is 4.36. The number of nitrogens with zero attached hydrogens (tertiary/aromatic N) is 1. The molecule has 2 heterocycles. The van der Waals surface area contributed by atoms with E-state index in [1.54, 1.807) is 13.0 Å². The number of aryl methyl sites for hydroxylation is 4. The van der Waals surface area contributed by atoms with E-state index in [9.17, 15) is 9.59 Å². The Balaban J connectivity index is 2.20. The lowest BCUT2D eigenvalue weighted by atomic mass is 10.0. The van der Waals surface area contributed by atoms with Crippen LogP contribution in [-0.2, 0) is 6.42 Å². The number of amides is 1. The van der Waals surface area contributed by atoms with Gasteiger partial charge in [-0.15, -0.1) is 0 Å². The van der Waals surface area contributed by atoms with Gasteiger partial charge in [0.1, 0.15) is 11.3 Å². The van der Waals surface area contributed by atoms with Crippen LogP contribution in [-0.4, -0.2) is 16.1 Å². The Hall–Kier alpha value is -2.37. The highest BCUT2D eigenvalue weighted by atomic mass is 16.4. The molecule has 0 spiro atoms. The molecular weight excluding hydrogens is 318 g/mol. The van der Waals surface area contributed by atoms with E-state index in [2.05, 4.69) is 29.4 Å². The number of aromatic amines is 1. The zero-order valence-electron chi connectivity index (χ0n) is 15.8. The highest BCUT2D eigenvalue weighted by molar-refractivity contribution is 5.95. The van der Waals surface area contributed by atoms with Gasteiger partial charge in [0.15, 0.2) is 0 Å². The molecule has 2 rings (SSSR count). The molecule has 1 atom stereocenters. The molecule has 1 unspecified atom stereocenters. The minimum atomic E-state index is -0.580. The maximum Gasteiger partial charge on any atom is 0.349 e. The van der Waals surface area contributed by atoms with Crippen LogP contribution < -0.4 is 10.9 Å². The van der Waals surface area contributed by atoms with Crippen molar-refractivity contribution in [3.05, 3.63) is 50.3 Å². The van der Waals surface area contributed by atoms with Crippen molar-refractivity contribution in [2.45, 2.75) is 60.4 Å². The Morgan fingerprint density at radius 1 is 1.28 bits per heavy atom. The van der Waals surface area contributed by atoms with Crippen LogP contribution in [0.4, 0.5) is 0 Å². The molecule has 1 amide bonds. The SMILES string of the molecule is Cc1cc(CCC(C)C)oc(=O)c1C(=O)NC(C)c1c(C)n[nH]c1C. The van der Waals surface area contributed by atoms with Crippen molar-refractivity contribution < 1.29 is 9.21 Å². The highest BCUT2D eigenvalue weighted by Gasteiger charge is 2.21. The molecular formula is C19H27N3O3. The van der Waals surface area contributed by atoms with Crippen molar-refractivity contribution in [3.8, 4) is 0 Å². The summed E-state index contributed by atoms with van der Waals surface area (Å²) in [4.78, 5) is 24.9. The maximum absolute atomic E-state index is 12.6. The Labute approximate surface area is 148 Å². The van der Waals surface area contributed by atoms with E-state index >= 15 is 0 Å². The van der Waals surface area contributed by atoms with Gasteiger partial charge in [-0.2, -0.15) is 5.10 Å². The van der Waals surface area contributed by atoms with E-state index < -0.39 is 11.5 Å². The second-order valence-corrected chi connectivity index (χ2v) is 7.03. The molecule has 136 valence electrons. The van der Waals surface area contributed by atoms with E-state index in [1.165, 1.54) is 0 Å². The number of rotatable bonds is 6. The number of carbonyl (C=O) groups excluding carboxylic acids is 1. The van der Waals surface area contributed by atoms with Gasteiger partial charge in [-0.05, 0) is 51.7 Å². The number of hydrogen-bond acceptors (Lipinski definition) is 4. The predicted molar refractivity (Wildman–Crippen MR) is 96.8 cm³/mol. The largest absolute Gasteiger partial charge is 0.427 e. The van der Waals surface area contributed by atoms with Crippen molar-refractivity contribution in [1.29, 1.82) is 0 Å². The summed E-state index contributed by atoms with van der Waals surface area (Å²) >= 11 is 0. The third kappa shape index (κ3) is 4.38. The summed E-state index contributed by atoms with van der Waals surface area (Å²) in [6, 6.07) is 1.53. The molecule has 6 nitrogen and oxygen atoms in total. The molecule has 0 fully saturated rings. The van der Waals surface area contributed by atoms with Crippen molar-refractivity contribution in [1.82, 2.24) is 15.5 Å². The lowest BCUT2D eigenvalue weighted by Gasteiger charge is -2.15. The predicted octanol–water partition coefficient (Wildman–Crippen LogP) is 3.37. The first kappa shape index (κ1) is 19.0. The Bertz CT molecular complexity index is 798. The van der Waals surface area contributed by atoms with Gasteiger partial charge in [0.25, 0.3) is 5.91 Å². The van der Waals surface area contributed by atoms with E-state index in [1.807, 2.05) is 20.8 Å². The summed E-state index contributed by atoms with van der Waals surface area (Å²) in [6.07, 6.45) is 1.63. The monoisotopic (exact) mass is 345 g/mol.